The van der Waals surface area contributed by atoms with Gasteiger partial charge in [0.2, 0.25) is 10.0 Å². The van der Waals surface area contributed by atoms with Crippen LogP contribution in [0.2, 0.25) is 0 Å². The van der Waals surface area contributed by atoms with Gasteiger partial charge in [0.25, 0.3) is 0 Å². The summed E-state index contributed by atoms with van der Waals surface area (Å²) in [6, 6.07) is 6.42. The number of sulfonamides is 1. The zero-order valence-corrected chi connectivity index (χ0v) is 13.6. The van der Waals surface area contributed by atoms with Gasteiger partial charge in [-0.1, -0.05) is 29.8 Å². The van der Waals surface area contributed by atoms with E-state index in [1.165, 1.54) is 12.1 Å². The fourth-order valence-electron chi connectivity index (χ4n) is 3.52. The fraction of sp³-hybridized carbons (Fsp3) is 0.375. The van der Waals surface area contributed by atoms with E-state index < -0.39 is 45.5 Å². The van der Waals surface area contributed by atoms with Gasteiger partial charge >= 0.3 is 11.9 Å². The average Bonchev–Trinajstić information content (AvgIpc) is 3.18. The van der Waals surface area contributed by atoms with Gasteiger partial charge in [-0.2, -0.15) is 0 Å². The largest absolute Gasteiger partial charge is 0.393 e. The van der Waals surface area contributed by atoms with Crippen LogP contribution in [0.25, 0.3) is 0 Å². The maximum Gasteiger partial charge on any atom is 0.320 e. The highest BCUT2D eigenvalue weighted by molar-refractivity contribution is 7.89. The molecular weight excluding hydrogens is 334 g/mol. The first-order chi connectivity index (χ1) is 11.3. The molecule has 0 aliphatic carbocycles. The van der Waals surface area contributed by atoms with E-state index >= 15 is 0 Å². The summed E-state index contributed by atoms with van der Waals surface area (Å²) in [6.45, 7) is 1.72. The van der Waals surface area contributed by atoms with E-state index in [2.05, 4.69) is 9.46 Å². The van der Waals surface area contributed by atoms with Crippen LogP contribution < -0.4 is 4.72 Å². The molecular formula is C16H15NO6S. The van der Waals surface area contributed by atoms with Crippen molar-refractivity contribution in [2.75, 3.05) is 6.54 Å². The van der Waals surface area contributed by atoms with Gasteiger partial charge in [0.15, 0.2) is 0 Å². The summed E-state index contributed by atoms with van der Waals surface area (Å²) < 4.78 is 37.8. The van der Waals surface area contributed by atoms with Gasteiger partial charge in [0.1, 0.15) is 17.4 Å². The molecule has 0 amide bonds. The van der Waals surface area contributed by atoms with E-state index in [1.54, 1.807) is 24.3 Å². The number of cyclic esters (lactones) is 2. The second-order valence-electron chi connectivity index (χ2n) is 6.28. The number of hydrogen-bond acceptors (Lipinski definition) is 6. The Labute approximate surface area is 138 Å². The van der Waals surface area contributed by atoms with Gasteiger partial charge in [-0.3, -0.25) is 9.59 Å². The summed E-state index contributed by atoms with van der Waals surface area (Å²) in [5, 5.41) is 0. The monoisotopic (exact) mass is 349 g/mol. The molecule has 0 radical (unpaired) electrons. The molecule has 2 bridgehead atoms. The first-order valence-electron chi connectivity index (χ1n) is 7.51. The lowest BCUT2D eigenvalue weighted by Gasteiger charge is -2.27. The Hall–Kier alpha value is -2.03. The molecule has 0 spiro atoms. The zero-order chi connectivity index (χ0) is 17.1. The number of rotatable bonds is 4. The number of carbonyl (C=O) groups excluding carboxylic acids is 2. The second-order valence-corrected chi connectivity index (χ2v) is 8.04. The number of hydrogen-bond donors (Lipinski definition) is 1. The van der Waals surface area contributed by atoms with Crippen LogP contribution >= 0.6 is 0 Å². The Kier molecular flexibility index (Phi) is 3.22. The molecule has 24 heavy (non-hydrogen) atoms. The molecule has 0 unspecified atom stereocenters. The lowest BCUT2D eigenvalue weighted by molar-refractivity contribution is -0.158. The van der Waals surface area contributed by atoms with Crippen molar-refractivity contribution >= 4 is 22.0 Å². The van der Waals surface area contributed by atoms with E-state index in [9.17, 15) is 18.0 Å². The number of ether oxygens (including phenoxy) is 2. The molecule has 2 saturated heterocycles. The number of carbonyl (C=O) groups is 2. The van der Waals surface area contributed by atoms with Crippen LogP contribution in [0.4, 0.5) is 0 Å². The molecule has 126 valence electrons. The van der Waals surface area contributed by atoms with E-state index in [0.29, 0.717) is 0 Å². The summed E-state index contributed by atoms with van der Waals surface area (Å²) in [7, 11) is -3.75. The van der Waals surface area contributed by atoms with E-state index in [1.807, 2.05) is 6.92 Å². The third-order valence-electron chi connectivity index (χ3n) is 4.76. The summed E-state index contributed by atoms with van der Waals surface area (Å²) >= 11 is 0. The van der Waals surface area contributed by atoms with Crippen LogP contribution in [0.1, 0.15) is 5.56 Å². The third-order valence-corrected chi connectivity index (χ3v) is 6.18. The Morgan fingerprint density at radius 3 is 2.58 bits per heavy atom. The minimum Gasteiger partial charge on any atom is -0.393 e. The Bertz CT molecular complexity index is 859. The number of esters is 2. The van der Waals surface area contributed by atoms with Crippen molar-refractivity contribution in [3.8, 4) is 0 Å². The smallest absolute Gasteiger partial charge is 0.320 e. The van der Waals surface area contributed by atoms with Gasteiger partial charge in [0.05, 0.1) is 11.0 Å². The van der Waals surface area contributed by atoms with Crippen molar-refractivity contribution in [1.29, 1.82) is 0 Å². The third kappa shape index (κ3) is 2.14. The minimum absolute atomic E-state index is 0.127. The maximum atomic E-state index is 12.4. The van der Waals surface area contributed by atoms with Crippen LogP contribution in [-0.2, 0) is 29.1 Å². The molecule has 0 saturated carbocycles. The van der Waals surface area contributed by atoms with Gasteiger partial charge in [0, 0.05) is 6.54 Å². The van der Waals surface area contributed by atoms with Crippen LogP contribution in [-0.4, -0.2) is 38.6 Å². The number of aryl methyl sites for hydroxylation is 1. The molecule has 1 aromatic rings. The van der Waals surface area contributed by atoms with E-state index in [0.717, 1.165) is 5.56 Å². The number of benzene rings is 1. The molecule has 4 rings (SSSR count). The van der Waals surface area contributed by atoms with Gasteiger partial charge in [-0.05, 0) is 19.1 Å². The molecule has 1 aromatic carbocycles. The van der Waals surface area contributed by atoms with Crippen LogP contribution in [0.15, 0.2) is 41.3 Å². The molecule has 3 aliphatic heterocycles. The molecule has 1 N–H and O–H groups in total. The minimum atomic E-state index is -3.75. The quantitative estimate of drug-likeness (QED) is 0.477. The van der Waals surface area contributed by atoms with Crippen molar-refractivity contribution in [1.82, 2.24) is 4.72 Å². The standard InChI is InChI=1S/C16H15NO6S/c1-9-2-4-10(5-3-9)24(20,21)17-8-16-7-6-11(23-16)12-13(16)15(19)22-14(12)18/h2-7,11-13,17H,8H2,1H3/t11-,12+,13+,16-/m0/s1. The van der Waals surface area contributed by atoms with Crippen molar-refractivity contribution in [2.24, 2.45) is 11.8 Å². The van der Waals surface area contributed by atoms with E-state index in [-0.39, 0.29) is 11.4 Å². The summed E-state index contributed by atoms with van der Waals surface area (Å²) in [5.41, 5.74) is -0.223. The SMILES string of the molecule is Cc1ccc(S(=O)(=O)NC[C@]23C=C[C@H](O2)[C@H]2C(=O)OC(=O)[C@@H]23)cc1. The molecule has 3 aliphatic rings. The lowest BCUT2D eigenvalue weighted by Crippen LogP contribution is -2.47. The van der Waals surface area contributed by atoms with Gasteiger partial charge < -0.3 is 9.47 Å². The molecule has 2 fully saturated rings. The zero-order valence-electron chi connectivity index (χ0n) is 12.8. The van der Waals surface area contributed by atoms with E-state index in [4.69, 9.17) is 4.74 Å². The molecule has 8 heteroatoms. The van der Waals surface area contributed by atoms with Crippen LogP contribution in [0.5, 0.6) is 0 Å². The molecule has 7 nitrogen and oxygen atoms in total. The summed E-state index contributed by atoms with van der Waals surface area (Å²) in [4.78, 5) is 23.8. The van der Waals surface area contributed by atoms with Gasteiger partial charge in [-0.15, -0.1) is 0 Å². The Morgan fingerprint density at radius 2 is 1.88 bits per heavy atom. The molecule has 4 atom stereocenters. The Morgan fingerprint density at radius 1 is 1.17 bits per heavy atom. The predicted molar refractivity (Wildman–Crippen MR) is 81.2 cm³/mol. The first kappa shape index (κ1) is 15.5. The first-order valence-corrected chi connectivity index (χ1v) is 9.00. The fourth-order valence-corrected chi connectivity index (χ4v) is 4.60. The van der Waals surface area contributed by atoms with Gasteiger partial charge in [-0.25, -0.2) is 13.1 Å². The van der Waals surface area contributed by atoms with Crippen LogP contribution in [0, 0.1) is 18.8 Å². The highest BCUT2D eigenvalue weighted by Crippen LogP contribution is 2.50. The van der Waals surface area contributed by atoms with Crippen molar-refractivity contribution in [3.63, 3.8) is 0 Å². The second kappa shape index (κ2) is 4.98. The predicted octanol–water partition coefficient (Wildman–Crippen LogP) is 0.297. The summed E-state index contributed by atoms with van der Waals surface area (Å²) in [6.07, 6.45) is 2.79. The van der Waals surface area contributed by atoms with Crippen molar-refractivity contribution in [3.05, 3.63) is 42.0 Å². The highest BCUT2D eigenvalue weighted by Gasteiger charge is 2.67. The normalized spacial score (nSPS) is 33.8. The van der Waals surface area contributed by atoms with Crippen LogP contribution in [0.3, 0.4) is 0 Å². The number of fused-ring (bicyclic) bond motifs is 5. The topological polar surface area (TPSA) is 98.8 Å². The lowest BCUT2D eigenvalue weighted by atomic mass is 9.77. The maximum absolute atomic E-state index is 12.4. The number of nitrogens with one attached hydrogen (secondary N) is 1. The Balaban J connectivity index is 1.58. The summed E-state index contributed by atoms with van der Waals surface area (Å²) in [5.74, 6) is -2.76. The highest BCUT2D eigenvalue weighted by atomic mass is 32.2. The molecule has 0 aromatic heterocycles. The average molecular weight is 349 g/mol. The van der Waals surface area contributed by atoms with Crippen molar-refractivity contribution in [2.45, 2.75) is 23.5 Å². The van der Waals surface area contributed by atoms with Crippen molar-refractivity contribution < 1.29 is 27.5 Å². The molecule has 3 heterocycles.